The van der Waals surface area contributed by atoms with Crippen LogP contribution in [-0.2, 0) is 16.6 Å². The van der Waals surface area contributed by atoms with Gasteiger partial charge in [-0.2, -0.15) is 11.8 Å². The van der Waals surface area contributed by atoms with Crippen LogP contribution in [0, 0.1) is 5.92 Å². The third kappa shape index (κ3) is 4.61. The maximum atomic E-state index is 12.1. The highest BCUT2D eigenvalue weighted by Gasteiger charge is 2.15. The van der Waals surface area contributed by atoms with Crippen molar-refractivity contribution in [3.8, 4) is 0 Å². The van der Waals surface area contributed by atoms with Crippen molar-refractivity contribution in [1.82, 2.24) is 4.72 Å². The average Bonchev–Trinajstić information content (AvgIpc) is 2.37. The fourth-order valence-electron chi connectivity index (χ4n) is 1.52. The van der Waals surface area contributed by atoms with E-state index in [0.717, 1.165) is 11.3 Å². The summed E-state index contributed by atoms with van der Waals surface area (Å²) >= 11 is 1.71. The van der Waals surface area contributed by atoms with Gasteiger partial charge in [0, 0.05) is 13.1 Å². The zero-order valence-electron chi connectivity index (χ0n) is 10.7. The summed E-state index contributed by atoms with van der Waals surface area (Å²) in [5.74, 6) is 1.25. The first-order valence-electron chi connectivity index (χ1n) is 5.77. The molecule has 0 amide bonds. The Balaban J connectivity index is 2.73. The molecule has 0 aliphatic rings. The normalized spacial score (nSPS) is 13.5. The van der Waals surface area contributed by atoms with Gasteiger partial charge in [-0.15, -0.1) is 0 Å². The number of benzene rings is 1. The molecule has 1 rings (SSSR count). The van der Waals surface area contributed by atoms with Gasteiger partial charge >= 0.3 is 0 Å². The van der Waals surface area contributed by atoms with Crippen molar-refractivity contribution in [3.05, 3.63) is 29.8 Å². The predicted octanol–water partition coefficient (Wildman–Crippen LogP) is 1.42. The van der Waals surface area contributed by atoms with Gasteiger partial charge in [0.05, 0.1) is 4.90 Å². The summed E-state index contributed by atoms with van der Waals surface area (Å²) in [6.45, 7) is 2.82. The first kappa shape index (κ1) is 15.5. The highest BCUT2D eigenvalue weighted by molar-refractivity contribution is 7.98. The maximum absolute atomic E-state index is 12.1. The van der Waals surface area contributed by atoms with E-state index in [1.165, 1.54) is 0 Å². The van der Waals surface area contributed by atoms with E-state index in [1.807, 2.05) is 19.2 Å². The number of nitrogens with two attached hydrogens (primary N) is 1. The first-order valence-corrected chi connectivity index (χ1v) is 8.65. The molecule has 0 bridgehead atoms. The molecule has 3 N–H and O–H groups in total. The number of thioether (sulfide) groups is 1. The molecule has 0 saturated heterocycles. The Morgan fingerprint density at radius 2 is 2.17 bits per heavy atom. The summed E-state index contributed by atoms with van der Waals surface area (Å²) in [7, 11) is -3.42. The minimum absolute atomic E-state index is 0.279. The van der Waals surface area contributed by atoms with E-state index in [1.54, 1.807) is 30.0 Å². The molecule has 0 spiro atoms. The van der Waals surface area contributed by atoms with Crippen LogP contribution < -0.4 is 10.5 Å². The molecule has 4 nitrogen and oxygen atoms in total. The molecule has 6 heteroatoms. The third-order valence-corrected chi connectivity index (χ3v) is 4.84. The fourth-order valence-corrected chi connectivity index (χ4v) is 3.44. The predicted molar refractivity (Wildman–Crippen MR) is 77.1 cm³/mol. The van der Waals surface area contributed by atoms with E-state index in [2.05, 4.69) is 4.72 Å². The quantitative estimate of drug-likeness (QED) is 0.796. The van der Waals surface area contributed by atoms with E-state index in [9.17, 15) is 8.42 Å². The molecule has 0 heterocycles. The fraction of sp³-hybridized carbons (Fsp3) is 0.500. The van der Waals surface area contributed by atoms with Crippen molar-refractivity contribution in [2.75, 3.05) is 18.6 Å². The molecule has 102 valence electrons. The van der Waals surface area contributed by atoms with E-state index < -0.39 is 10.0 Å². The average molecular weight is 288 g/mol. The molecule has 0 saturated carbocycles. The van der Waals surface area contributed by atoms with Crippen molar-refractivity contribution in [3.63, 3.8) is 0 Å². The molecule has 0 aliphatic heterocycles. The molecule has 0 fully saturated rings. The van der Waals surface area contributed by atoms with E-state index >= 15 is 0 Å². The van der Waals surface area contributed by atoms with Crippen LogP contribution in [0.4, 0.5) is 0 Å². The second-order valence-electron chi connectivity index (χ2n) is 4.26. The van der Waals surface area contributed by atoms with Gasteiger partial charge in [-0.25, -0.2) is 13.1 Å². The van der Waals surface area contributed by atoms with Crippen molar-refractivity contribution in [2.45, 2.75) is 18.4 Å². The third-order valence-electron chi connectivity index (χ3n) is 2.52. The topological polar surface area (TPSA) is 72.2 Å². The lowest BCUT2D eigenvalue weighted by Crippen LogP contribution is -2.29. The molecular formula is C12H20N2O2S2. The number of sulfonamides is 1. The van der Waals surface area contributed by atoms with Crippen LogP contribution in [0.15, 0.2) is 29.2 Å². The second-order valence-corrected chi connectivity index (χ2v) is 6.94. The SMILES string of the molecule is CSCC(C)CNS(=O)(=O)c1cccc(CN)c1. The van der Waals surface area contributed by atoms with Gasteiger partial charge in [0.25, 0.3) is 0 Å². The minimum atomic E-state index is -3.42. The smallest absolute Gasteiger partial charge is 0.240 e. The van der Waals surface area contributed by atoms with Gasteiger partial charge in [0.2, 0.25) is 10.0 Å². The zero-order valence-corrected chi connectivity index (χ0v) is 12.4. The lowest BCUT2D eigenvalue weighted by atomic mass is 10.2. The first-order chi connectivity index (χ1) is 8.49. The number of rotatable bonds is 7. The van der Waals surface area contributed by atoms with Crippen LogP contribution in [0.3, 0.4) is 0 Å². The Labute approximate surface area is 113 Å². The van der Waals surface area contributed by atoms with Gasteiger partial charge in [0.15, 0.2) is 0 Å². The Bertz CT molecular complexity index is 475. The van der Waals surface area contributed by atoms with Crippen molar-refractivity contribution in [2.24, 2.45) is 11.7 Å². The molecule has 1 unspecified atom stereocenters. The van der Waals surface area contributed by atoms with Crippen molar-refractivity contribution >= 4 is 21.8 Å². The molecule has 1 aromatic rings. The maximum Gasteiger partial charge on any atom is 0.240 e. The highest BCUT2D eigenvalue weighted by Crippen LogP contribution is 2.12. The van der Waals surface area contributed by atoms with E-state index in [4.69, 9.17) is 5.73 Å². The van der Waals surface area contributed by atoms with E-state index in [-0.39, 0.29) is 4.90 Å². The zero-order chi connectivity index (χ0) is 13.6. The van der Waals surface area contributed by atoms with Crippen LogP contribution in [0.25, 0.3) is 0 Å². The monoisotopic (exact) mass is 288 g/mol. The van der Waals surface area contributed by atoms with Gasteiger partial charge in [0.1, 0.15) is 0 Å². The lowest BCUT2D eigenvalue weighted by molar-refractivity contribution is 0.562. The van der Waals surface area contributed by atoms with Gasteiger partial charge < -0.3 is 5.73 Å². The van der Waals surface area contributed by atoms with E-state index in [0.29, 0.717) is 19.0 Å². The molecule has 0 radical (unpaired) electrons. The molecule has 1 atom stereocenters. The summed E-state index contributed by atoms with van der Waals surface area (Å²) < 4.78 is 26.7. The Morgan fingerprint density at radius 1 is 1.44 bits per heavy atom. The van der Waals surface area contributed by atoms with Crippen molar-refractivity contribution < 1.29 is 8.42 Å². The minimum Gasteiger partial charge on any atom is -0.326 e. The number of hydrogen-bond donors (Lipinski definition) is 2. The summed E-state index contributed by atoms with van der Waals surface area (Å²) in [5, 5.41) is 0. The van der Waals surface area contributed by atoms with Gasteiger partial charge in [-0.05, 0) is 35.6 Å². The van der Waals surface area contributed by atoms with Crippen LogP contribution >= 0.6 is 11.8 Å². The molecule has 0 aromatic heterocycles. The summed E-state index contributed by atoms with van der Waals surface area (Å²) in [5.41, 5.74) is 6.32. The molecule has 0 aliphatic carbocycles. The summed E-state index contributed by atoms with van der Waals surface area (Å²) in [4.78, 5) is 0.279. The standard InChI is InChI=1S/C12H20N2O2S2/c1-10(9-17-2)8-14-18(15,16)12-5-3-4-11(6-12)7-13/h3-6,10,14H,7-9,13H2,1-2H3. The Morgan fingerprint density at radius 3 is 2.78 bits per heavy atom. The van der Waals surface area contributed by atoms with Crippen molar-refractivity contribution in [1.29, 1.82) is 0 Å². The largest absolute Gasteiger partial charge is 0.326 e. The van der Waals surface area contributed by atoms with Gasteiger partial charge in [-0.1, -0.05) is 19.1 Å². The van der Waals surface area contributed by atoms with Crippen LogP contribution in [-0.4, -0.2) is 27.0 Å². The van der Waals surface area contributed by atoms with Crippen LogP contribution in [0.5, 0.6) is 0 Å². The second kappa shape index (κ2) is 7.13. The van der Waals surface area contributed by atoms with Crippen LogP contribution in [0.2, 0.25) is 0 Å². The highest BCUT2D eigenvalue weighted by atomic mass is 32.2. The summed E-state index contributed by atoms with van der Waals surface area (Å²) in [6.07, 6.45) is 2.01. The van der Waals surface area contributed by atoms with Crippen LogP contribution in [0.1, 0.15) is 12.5 Å². The number of hydrogen-bond acceptors (Lipinski definition) is 4. The van der Waals surface area contributed by atoms with Gasteiger partial charge in [-0.3, -0.25) is 0 Å². The number of nitrogens with one attached hydrogen (secondary N) is 1. The summed E-state index contributed by atoms with van der Waals surface area (Å²) in [6, 6.07) is 6.72. The Kier molecular flexibility index (Phi) is 6.14. The Hall–Kier alpha value is -0.560. The lowest BCUT2D eigenvalue weighted by Gasteiger charge is -2.12. The molecule has 1 aromatic carbocycles. The molecular weight excluding hydrogens is 268 g/mol. The molecule has 18 heavy (non-hydrogen) atoms.